The van der Waals surface area contributed by atoms with Crippen LogP contribution in [0, 0.1) is 0 Å². The fourth-order valence-electron chi connectivity index (χ4n) is 3.35. The number of ether oxygens (including phenoxy) is 1. The molecule has 4 aromatic rings. The van der Waals surface area contributed by atoms with Crippen LogP contribution in [-0.4, -0.2) is 15.5 Å². The highest BCUT2D eigenvalue weighted by Crippen LogP contribution is 2.32. The van der Waals surface area contributed by atoms with Gasteiger partial charge in [-0.3, -0.25) is 4.31 Å². The summed E-state index contributed by atoms with van der Waals surface area (Å²) >= 11 is 0. The normalized spacial score (nSPS) is 11.3. The molecule has 0 aliphatic heterocycles. The quantitative estimate of drug-likeness (QED) is 0.442. The molecule has 0 aliphatic rings. The Hall–Kier alpha value is -3.31. The number of fused-ring (bicyclic) bond motifs is 1. The van der Waals surface area contributed by atoms with E-state index in [1.54, 1.807) is 31.4 Å². The molecule has 29 heavy (non-hydrogen) atoms. The Morgan fingerprint density at radius 3 is 2.14 bits per heavy atom. The van der Waals surface area contributed by atoms with Gasteiger partial charge >= 0.3 is 0 Å². The molecule has 0 N–H and O–H groups in total. The Balaban J connectivity index is 1.87. The van der Waals surface area contributed by atoms with E-state index in [9.17, 15) is 8.42 Å². The average molecular weight is 404 g/mol. The van der Waals surface area contributed by atoms with Gasteiger partial charge in [0, 0.05) is 5.39 Å². The van der Waals surface area contributed by atoms with E-state index in [-0.39, 0.29) is 11.4 Å². The summed E-state index contributed by atoms with van der Waals surface area (Å²) in [6.45, 7) is 0.239. The fourth-order valence-corrected chi connectivity index (χ4v) is 4.82. The molecule has 0 saturated heterocycles. The van der Waals surface area contributed by atoms with Crippen molar-refractivity contribution in [3.8, 4) is 5.75 Å². The Kier molecular flexibility index (Phi) is 5.23. The molecule has 0 atom stereocenters. The van der Waals surface area contributed by atoms with E-state index in [1.165, 1.54) is 4.31 Å². The third kappa shape index (κ3) is 3.82. The highest BCUT2D eigenvalue weighted by molar-refractivity contribution is 7.92. The van der Waals surface area contributed by atoms with Crippen LogP contribution in [0.1, 0.15) is 5.56 Å². The number of benzene rings is 4. The molecule has 0 amide bonds. The lowest BCUT2D eigenvalue weighted by molar-refractivity contribution is 0.414. The molecular weight excluding hydrogens is 382 g/mol. The first-order valence-electron chi connectivity index (χ1n) is 9.28. The van der Waals surface area contributed by atoms with Crippen molar-refractivity contribution in [3.05, 3.63) is 103 Å². The van der Waals surface area contributed by atoms with Crippen molar-refractivity contribution in [3.63, 3.8) is 0 Å². The summed E-state index contributed by atoms with van der Waals surface area (Å²) < 4.78 is 34.0. The van der Waals surface area contributed by atoms with E-state index in [2.05, 4.69) is 0 Å². The van der Waals surface area contributed by atoms with Gasteiger partial charge in [-0.2, -0.15) is 0 Å². The zero-order valence-corrected chi connectivity index (χ0v) is 16.8. The van der Waals surface area contributed by atoms with Gasteiger partial charge in [-0.1, -0.05) is 66.7 Å². The van der Waals surface area contributed by atoms with Crippen molar-refractivity contribution >= 4 is 26.5 Å². The number of hydrogen-bond donors (Lipinski definition) is 0. The fraction of sp³-hybridized carbons (Fsp3) is 0.0833. The molecule has 4 rings (SSSR count). The van der Waals surface area contributed by atoms with Crippen LogP contribution in [-0.2, 0) is 16.6 Å². The largest absolute Gasteiger partial charge is 0.497 e. The summed E-state index contributed by atoms with van der Waals surface area (Å²) in [5.41, 5.74) is 1.57. The van der Waals surface area contributed by atoms with Gasteiger partial charge in [-0.25, -0.2) is 8.42 Å². The lowest BCUT2D eigenvalue weighted by Gasteiger charge is -2.26. The minimum absolute atomic E-state index is 0.224. The maximum Gasteiger partial charge on any atom is 0.264 e. The SMILES string of the molecule is COc1ccc(S(=O)(=O)N(Cc2ccccc2)c2cccc3ccccc23)cc1. The zero-order valence-electron chi connectivity index (χ0n) is 16.0. The van der Waals surface area contributed by atoms with Crippen LogP contribution >= 0.6 is 0 Å². The minimum atomic E-state index is -3.79. The molecule has 0 aliphatic carbocycles. The van der Waals surface area contributed by atoms with E-state index in [1.807, 2.05) is 72.8 Å². The topological polar surface area (TPSA) is 46.6 Å². The summed E-state index contributed by atoms with van der Waals surface area (Å²) in [7, 11) is -2.23. The molecule has 0 radical (unpaired) electrons. The third-order valence-corrected chi connectivity index (χ3v) is 6.63. The standard InChI is InChI=1S/C24H21NO3S/c1-28-21-14-16-22(17-15-21)29(26,27)25(18-19-8-3-2-4-9-19)24-13-7-11-20-10-5-6-12-23(20)24/h2-17H,18H2,1H3. The molecule has 0 unspecified atom stereocenters. The number of methoxy groups -OCH3 is 1. The molecular formula is C24H21NO3S. The molecule has 0 bridgehead atoms. The number of rotatable bonds is 6. The molecule has 4 aromatic carbocycles. The van der Waals surface area contributed by atoms with Crippen molar-refractivity contribution in [1.82, 2.24) is 0 Å². The Labute approximate surface area is 171 Å². The molecule has 0 spiro atoms. The molecule has 146 valence electrons. The van der Waals surface area contributed by atoms with Gasteiger partial charge in [0.1, 0.15) is 5.75 Å². The number of anilines is 1. The highest BCUT2D eigenvalue weighted by Gasteiger charge is 2.26. The van der Waals surface area contributed by atoms with E-state index in [4.69, 9.17) is 4.74 Å². The average Bonchev–Trinajstić information content (AvgIpc) is 2.78. The maximum atomic E-state index is 13.7. The Morgan fingerprint density at radius 2 is 1.41 bits per heavy atom. The second-order valence-corrected chi connectivity index (χ2v) is 8.53. The Bertz CT molecular complexity index is 1210. The zero-order chi connectivity index (χ0) is 20.3. The number of sulfonamides is 1. The summed E-state index contributed by atoms with van der Waals surface area (Å²) in [6.07, 6.45) is 0. The smallest absolute Gasteiger partial charge is 0.264 e. The molecule has 0 heterocycles. The molecule has 0 saturated carbocycles. The van der Waals surface area contributed by atoms with E-state index >= 15 is 0 Å². The molecule has 5 heteroatoms. The van der Waals surface area contributed by atoms with Gasteiger partial charge < -0.3 is 4.74 Å². The lowest BCUT2D eigenvalue weighted by atomic mass is 10.1. The van der Waals surface area contributed by atoms with E-state index in [0.717, 1.165) is 16.3 Å². The molecule has 0 fully saturated rings. The molecule has 0 aromatic heterocycles. The second kappa shape index (κ2) is 7.97. The van der Waals surface area contributed by atoms with Crippen LogP contribution in [0.4, 0.5) is 5.69 Å². The first-order chi connectivity index (χ1) is 14.1. The Morgan fingerprint density at radius 1 is 0.759 bits per heavy atom. The lowest BCUT2D eigenvalue weighted by Crippen LogP contribution is -2.30. The summed E-state index contributed by atoms with van der Waals surface area (Å²) in [5.74, 6) is 0.615. The van der Waals surface area contributed by atoms with E-state index < -0.39 is 10.0 Å². The van der Waals surface area contributed by atoms with Gasteiger partial charge in [0.25, 0.3) is 10.0 Å². The van der Waals surface area contributed by atoms with Crippen LogP contribution in [0.2, 0.25) is 0 Å². The number of hydrogen-bond acceptors (Lipinski definition) is 3. The predicted octanol–water partition coefficient (Wildman–Crippen LogP) is 5.24. The highest BCUT2D eigenvalue weighted by atomic mass is 32.2. The van der Waals surface area contributed by atoms with E-state index in [0.29, 0.717) is 11.4 Å². The van der Waals surface area contributed by atoms with Crippen LogP contribution in [0.3, 0.4) is 0 Å². The minimum Gasteiger partial charge on any atom is -0.497 e. The first-order valence-corrected chi connectivity index (χ1v) is 10.7. The van der Waals surface area contributed by atoms with Gasteiger partial charge in [-0.15, -0.1) is 0 Å². The summed E-state index contributed by atoms with van der Waals surface area (Å²) in [6, 6.07) is 29.6. The predicted molar refractivity (Wildman–Crippen MR) is 117 cm³/mol. The summed E-state index contributed by atoms with van der Waals surface area (Å²) in [4.78, 5) is 0.224. The number of nitrogens with zero attached hydrogens (tertiary/aromatic N) is 1. The van der Waals surface area contributed by atoms with Crippen molar-refractivity contribution in [1.29, 1.82) is 0 Å². The van der Waals surface area contributed by atoms with Crippen molar-refractivity contribution < 1.29 is 13.2 Å². The van der Waals surface area contributed by atoms with Crippen molar-refractivity contribution in [2.24, 2.45) is 0 Å². The van der Waals surface area contributed by atoms with Crippen LogP contribution in [0.15, 0.2) is 102 Å². The summed E-state index contributed by atoms with van der Waals surface area (Å²) in [5, 5.41) is 1.89. The maximum absolute atomic E-state index is 13.7. The van der Waals surface area contributed by atoms with Gasteiger partial charge in [0.15, 0.2) is 0 Å². The van der Waals surface area contributed by atoms with Gasteiger partial charge in [0.2, 0.25) is 0 Å². The van der Waals surface area contributed by atoms with Crippen molar-refractivity contribution in [2.75, 3.05) is 11.4 Å². The monoisotopic (exact) mass is 403 g/mol. The second-order valence-electron chi connectivity index (χ2n) is 6.67. The van der Waals surface area contributed by atoms with Gasteiger partial charge in [-0.05, 0) is 41.3 Å². The van der Waals surface area contributed by atoms with Crippen LogP contribution < -0.4 is 9.04 Å². The van der Waals surface area contributed by atoms with Crippen LogP contribution in [0.25, 0.3) is 10.8 Å². The van der Waals surface area contributed by atoms with Crippen molar-refractivity contribution in [2.45, 2.75) is 11.4 Å². The van der Waals surface area contributed by atoms with Gasteiger partial charge in [0.05, 0.1) is 24.2 Å². The molecule has 4 nitrogen and oxygen atoms in total. The third-order valence-electron chi connectivity index (χ3n) is 4.85. The first kappa shape index (κ1) is 19.0. The van der Waals surface area contributed by atoms with Crippen LogP contribution in [0.5, 0.6) is 5.75 Å².